The van der Waals surface area contributed by atoms with Crippen LogP contribution < -0.4 is 5.32 Å². The third kappa shape index (κ3) is 4.95. The van der Waals surface area contributed by atoms with Gasteiger partial charge in [-0.25, -0.2) is 4.98 Å². The van der Waals surface area contributed by atoms with Gasteiger partial charge in [-0.05, 0) is 30.5 Å². The second-order valence-electron chi connectivity index (χ2n) is 6.42. The van der Waals surface area contributed by atoms with Gasteiger partial charge in [0.15, 0.2) is 5.13 Å². The lowest BCUT2D eigenvalue weighted by Gasteiger charge is -2.01. The van der Waals surface area contributed by atoms with E-state index in [1.54, 1.807) is 0 Å². The Hall–Kier alpha value is -2.66. The molecule has 0 saturated heterocycles. The van der Waals surface area contributed by atoms with Crippen LogP contribution in [0.5, 0.6) is 0 Å². The molecule has 0 aliphatic carbocycles. The second kappa shape index (κ2) is 9.33. The van der Waals surface area contributed by atoms with E-state index in [-0.39, 0.29) is 5.91 Å². The van der Waals surface area contributed by atoms with Crippen molar-refractivity contribution in [1.29, 1.82) is 0 Å². The Morgan fingerprint density at radius 3 is 3.00 bits per heavy atom. The number of carbonyl (C=O) groups is 1. The first-order chi connectivity index (χ1) is 13.2. The van der Waals surface area contributed by atoms with Gasteiger partial charge >= 0.3 is 0 Å². The molecule has 0 aliphatic heterocycles. The number of nitrogens with zero attached hydrogens (tertiary/aromatic N) is 1. The molecule has 0 aliphatic rings. The Balaban J connectivity index is 1.67. The van der Waals surface area contributed by atoms with Gasteiger partial charge in [-0.3, -0.25) is 4.79 Å². The molecule has 0 spiro atoms. The first kappa shape index (κ1) is 19.1. The summed E-state index contributed by atoms with van der Waals surface area (Å²) in [4.78, 5) is 20.3. The number of nitrogens with one attached hydrogen (secondary N) is 2. The van der Waals surface area contributed by atoms with Crippen LogP contribution in [-0.2, 0) is 11.2 Å². The maximum Gasteiger partial charge on any atom is 0.230 e. The molecule has 3 rings (SSSR count). The number of hydrogen-bond donors (Lipinski definition) is 2. The number of rotatable bonds is 8. The molecule has 140 valence electrons. The van der Waals surface area contributed by atoms with Gasteiger partial charge in [0, 0.05) is 22.5 Å². The van der Waals surface area contributed by atoms with E-state index in [1.165, 1.54) is 24.2 Å². The summed E-state index contributed by atoms with van der Waals surface area (Å²) in [6.45, 7) is 4.19. The third-order valence-electron chi connectivity index (χ3n) is 4.34. The van der Waals surface area contributed by atoms with E-state index in [0.717, 1.165) is 34.2 Å². The van der Waals surface area contributed by atoms with Gasteiger partial charge in [0.25, 0.3) is 0 Å². The number of anilines is 1. The Labute approximate surface area is 164 Å². The summed E-state index contributed by atoms with van der Waals surface area (Å²) in [5.74, 6) is -0.0526. The number of aromatic nitrogens is 2. The van der Waals surface area contributed by atoms with E-state index in [0.29, 0.717) is 11.6 Å². The standard InChI is InChI=1S/C22H25N3OS/c1-3-5-6-10-16(9-4-2)20-15-27-22(24-20)25-21(26)13-17-14-23-19-12-8-7-11-18(17)19/h4,7-12,14-15,23H,3,5-6,13H2,1-2H3,(H,24,25,26)/b9-4-,16-10+. The number of benzene rings is 1. The predicted molar refractivity (Wildman–Crippen MR) is 115 cm³/mol. The van der Waals surface area contributed by atoms with Crippen molar-refractivity contribution in [2.24, 2.45) is 0 Å². The SMILES string of the molecule is C/C=C\C(=C/CCCC)c1csc(NC(=O)Cc2c[nH]c3ccccc23)n1. The smallest absolute Gasteiger partial charge is 0.230 e. The lowest BCUT2D eigenvalue weighted by molar-refractivity contribution is -0.115. The Morgan fingerprint density at radius 2 is 2.19 bits per heavy atom. The van der Waals surface area contributed by atoms with Crippen LogP contribution in [0.25, 0.3) is 16.5 Å². The van der Waals surface area contributed by atoms with Crippen LogP contribution in [0.1, 0.15) is 44.4 Å². The molecule has 0 bridgehead atoms. The summed E-state index contributed by atoms with van der Waals surface area (Å²) in [7, 11) is 0. The molecule has 1 amide bonds. The zero-order chi connectivity index (χ0) is 19.1. The van der Waals surface area contributed by atoms with E-state index >= 15 is 0 Å². The molecular formula is C22H25N3OS. The van der Waals surface area contributed by atoms with Crippen molar-refractivity contribution in [2.45, 2.75) is 39.5 Å². The highest BCUT2D eigenvalue weighted by molar-refractivity contribution is 7.14. The maximum absolute atomic E-state index is 12.5. The molecule has 4 nitrogen and oxygen atoms in total. The largest absolute Gasteiger partial charge is 0.361 e. The fourth-order valence-corrected chi connectivity index (χ4v) is 3.71. The summed E-state index contributed by atoms with van der Waals surface area (Å²) in [5.41, 5.74) is 4.06. The van der Waals surface area contributed by atoms with Crippen LogP contribution in [0, 0.1) is 0 Å². The summed E-state index contributed by atoms with van der Waals surface area (Å²) in [5, 5.41) is 6.66. The van der Waals surface area contributed by atoms with Crippen molar-refractivity contribution in [1.82, 2.24) is 9.97 Å². The quantitative estimate of drug-likeness (QED) is 0.375. The highest BCUT2D eigenvalue weighted by Crippen LogP contribution is 2.24. The zero-order valence-electron chi connectivity index (χ0n) is 15.8. The summed E-state index contributed by atoms with van der Waals surface area (Å²) in [6, 6.07) is 8.01. The molecular weight excluding hydrogens is 354 g/mol. The Bertz CT molecular complexity index is 965. The number of unbranched alkanes of at least 4 members (excludes halogenated alkanes) is 2. The van der Waals surface area contributed by atoms with E-state index in [4.69, 9.17) is 0 Å². The van der Waals surface area contributed by atoms with Crippen LogP contribution in [0.3, 0.4) is 0 Å². The molecule has 5 heteroatoms. The van der Waals surface area contributed by atoms with Crippen molar-refractivity contribution in [3.63, 3.8) is 0 Å². The van der Waals surface area contributed by atoms with Gasteiger partial charge in [-0.2, -0.15) is 0 Å². The minimum absolute atomic E-state index is 0.0526. The van der Waals surface area contributed by atoms with Crippen molar-refractivity contribution in [2.75, 3.05) is 5.32 Å². The van der Waals surface area contributed by atoms with Gasteiger partial charge in [0.05, 0.1) is 12.1 Å². The van der Waals surface area contributed by atoms with E-state index < -0.39 is 0 Å². The number of thiazole rings is 1. The molecule has 27 heavy (non-hydrogen) atoms. The first-order valence-corrected chi connectivity index (χ1v) is 10.2. The number of H-pyrrole nitrogens is 1. The lowest BCUT2D eigenvalue weighted by atomic mass is 10.1. The highest BCUT2D eigenvalue weighted by atomic mass is 32.1. The van der Waals surface area contributed by atoms with E-state index in [2.05, 4.69) is 34.4 Å². The topological polar surface area (TPSA) is 57.8 Å². The molecule has 2 N–H and O–H groups in total. The second-order valence-corrected chi connectivity index (χ2v) is 7.28. The van der Waals surface area contributed by atoms with Gasteiger partial charge in [0.1, 0.15) is 0 Å². The number of aromatic amines is 1. The van der Waals surface area contributed by atoms with Crippen molar-refractivity contribution < 1.29 is 4.79 Å². The van der Waals surface area contributed by atoms with Gasteiger partial charge < -0.3 is 10.3 Å². The Kier molecular flexibility index (Phi) is 6.60. The fourth-order valence-electron chi connectivity index (χ4n) is 2.98. The molecule has 0 atom stereocenters. The molecule has 2 heterocycles. The molecule has 0 unspecified atom stereocenters. The number of para-hydroxylation sites is 1. The van der Waals surface area contributed by atoms with Crippen molar-refractivity contribution in [3.05, 3.63) is 65.3 Å². The normalized spacial score (nSPS) is 12.1. The number of hydrogen-bond acceptors (Lipinski definition) is 3. The summed E-state index contributed by atoms with van der Waals surface area (Å²) >= 11 is 1.46. The average Bonchev–Trinajstić information content (AvgIpc) is 3.29. The zero-order valence-corrected chi connectivity index (χ0v) is 16.6. The summed E-state index contributed by atoms with van der Waals surface area (Å²) < 4.78 is 0. The lowest BCUT2D eigenvalue weighted by Crippen LogP contribution is -2.14. The number of fused-ring (bicyclic) bond motifs is 1. The van der Waals surface area contributed by atoms with Crippen LogP contribution in [0.15, 0.2) is 54.1 Å². The molecule has 0 saturated carbocycles. The first-order valence-electron chi connectivity index (χ1n) is 9.35. The molecule has 1 aromatic carbocycles. The highest BCUT2D eigenvalue weighted by Gasteiger charge is 2.11. The minimum atomic E-state index is -0.0526. The predicted octanol–water partition coefficient (Wildman–Crippen LogP) is 5.96. The molecule has 0 radical (unpaired) electrons. The average molecular weight is 380 g/mol. The van der Waals surface area contributed by atoms with E-state index in [9.17, 15) is 4.79 Å². The maximum atomic E-state index is 12.5. The van der Waals surface area contributed by atoms with E-state index in [1.807, 2.05) is 48.8 Å². The van der Waals surface area contributed by atoms with Crippen molar-refractivity contribution in [3.8, 4) is 0 Å². The van der Waals surface area contributed by atoms with Crippen LogP contribution in [0.4, 0.5) is 5.13 Å². The fraction of sp³-hybridized carbons (Fsp3) is 0.273. The third-order valence-corrected chi connectivity index (χ3v) is 5.10. The molecule has 0 fully saturated rings. The van der Waals surface area contributed by atoms with Gasteiger partial charge in [-0.1, -0.05) is 56.2 Å². The molecule has 2 aromatic heterocycles. The number of carbonyl (C=O) groups excluding carboxylic acids is 1. The summed E-state index contributed by atoms with van der Waals surface area (Å²) in [6.07, 6.45) is 11.9. The molecule has 3 aromatic rings. The van der Waals surface area contributed by atoms with Crippen LogP contribution in [0.2, 0.25) is 0 Å². The number of allylic oxidation sites excluding steroid dienone is 4. The minimum Gasteiger partial charge on any atom is -0.361 e. The van der Waals surface area contributed by atoms with Crippen LogP contribution >= 0.6 is 11.3 Å². The monoisotopic (exact) mass is 379 g/mol. The number of amides is 1. The Morgan fingerprint density at radius 1 is 1.33 bits per heavy atom. The van der Waals surface area contributed by atoms with Gasteiger partial charge in [0.2, 0.25) is 5.91 Å². The van der Waals surface area contributed by atoms with Crippen molar-refractivity contribution >= 4 is 38.9 Å². The van der Waals surface area contributed by atoms with Gasteiger partial charge in [-0.15, -0.1) is 11.3 Å². The van der Waals surface area contributed by atoms with Crippen LogP contribution in [-0.4, -0.2) is 15.9 Å².